The molecule has 3 aromatic rings. The van der Waals surface area contributed by atoms with E-state index in [1.807, 2.05) is 42.5 Å². The van der Waals surface area contributed by atoms with Crippen LogP contribution in [0.2, 0.25) is 0 Å². The van der Waals surface area contributed by atoms with Crippen LogP contribution in [0.5, 0.6) is 11.5 Å². The maximum absolute atomic E-state index is 13.5. The summed E-state index contributed by atoms with van der Waals surface area (Å²) in [7, 11) is 3.28. The van der Waals surface area contributed by atoms with Crippen molar-refractivity contribution in [2.24, 2.45) is 5.92 Å². The minimum atomic E-state index is 0.0383. The molecule has 0 saturated carbocycles. The first-order chi connectivity index (χ1) is 15.7. The van der Waals surface area contributed by atoms with Crippen LogP contribution in [-0.4, -0.2) is 49.6 Å². The van der Waals surface area contributed by atoms with E-state index in [1.54, 1.807) is 14.2 Å². The van der Waals surface area contributed by atoms with Crippen molar-refractivity contribution in [3.8, 4) is 11.5 Å². The van der Waals surface area contributed by atoms with Gasteiger partial charge in [-0.05, 0) is 55.5 Å². The monoisotopic (exact) mass is 435 g/mol. The highest BCUT2D eigenvalue weighted by molar-refractivity contribution is 5.80. The van der Waals surface area contributed by atoms with Gasteiger partial charge in [0.05, 0.1) is 20.3 Å². The predicted octanol–water partition coefficient (Wildman–Crippen LogP) is 4.43. The number of para-hydroxylation sites is 2. The zero-order valence-electron chi connectivity index (χ0n) is 18.6. The molecule has 1 aromatic heterocycles. The number of oxazole rings is 1. The molecule has 0 N–H and O–H groups in total. The summed E-state index contributed by atoms with van der Waals surface area (Å²) >= 11 is 0. The third kappa shape index (κ3) is 3.76. The summed E-state index contributed by atoms with van der Waals surface area (Å²) in [5, 5.41) is 0. The molecule has 1 atom stereocenters. The molecule has 168 valence electrons. The maximum atomic E-state index is 13.5. The molecule has 2 aliphatic heterocycles. The van der Waals surface area contributed by atoms with Crippen LogP contribution < -0.4 is 14.4 Å². The second-order valence-corrected chi connectivity index (χ2v) is 8.53. The summed E-state index contributed by atoms with van der Waals surface area (Å²) in [6, 6.07) is 14.5. The number of amides is 1. The zero-order chi connectivity index (χ0) is 22.1. The highest BCUT2D eigenvalue weighted by Crippen LogP contribution is 2.38. The molecule has 0 radical (unpaired) electrons. The van der Waals surface area contributed by atoms with Crippen molar-refractivity contribution in [2.45, 2.75) is 31.7 Å². The van der Waals surface area contributed by atoms with Gasteiger partial charge in [-0.3, -0.25) is 4.79 Å². The maximum Gasteiger partial charge on any atom is 0.298 e. The third-order valence-corrected chi connectivity index (χ3v) is 6.73. The summed E-state index contributed by atoms with van der Waals surface area (Å²) in [5.74, 6) is 1.71. The number of nitrogens with zero attached hydrogens (tertiary/aromatic N) is 3. The van der Waals surface area contributed by atoms with E-state index in [4.69, 9.17) is 13.9 Å². The fraction of sp³-hybridized carbons (Fsp3) is 0.440. The van der Waals surface area contributed by atoms with Crippen molar-refractivity contribution < 1.29 is 18.7 Å². The topological polar surface area (TPSA) is 68.0 Å². The Balaban J connectivity index is 1.26. The van der Waals surface area contributed by atoms with Crippen LogP contribution >= 0.6 is 0 Å². The molecule has 2 aliphatic rings. The lowest BCUT2D eigenvalue weighted by atomic mass is 9.94. The first kappa shape index (κ1) is 20.7. The van der Waals surface area contributed by atoms with Gasteiger partial charge < -0.3 is 23.7 Å². The first-order valence-corrected chi connectivity index (χ1v) is 11.3. The molecule has 2 aromatic carbocycles. The molecular formula is C25H29N3O4. The van der Waals surface area contributed by atoms with Gasteiger partial charge in [-0.2, -0.15) is 4.98 Å². The molecule has 0 bridgehead atoms. The van der Waals surface area contributed by atoms with Crippen molar-refractivity contribution in [1.82, 2.24) is 9.88 Å². The minimum Gasteiger partial charge on any atom is -0.493 e. The van der Waals surface area contributed by atoms with Gasteiger partial charge in [0.1, 0.15) is 5.52 Å². The molecule has 3 heterocycles. The molecule has 7 heteroatoms. The fourth-order valence-corrected chi connectivity index (χ4v) is 4.98. The quantitative estimate of drug-likeness (QED) is 0.591. The highest BCUT2D eigenvalue weighted by atomic mass is 16.5. The number of rotatable bonds is 5. The normalized spacial score (nSPS) is 19.5. The number of piperidine rings is 1. The summed E-state index contributed by atoms with van der Waals surface area (Å²) in [5.41, 5.74) is 2.78. The number of likely N-dealkylation sites (tertiary alicyclic amines) is 1. The molecule has 0 aliphatic carbocycles. The van der Waals surface area contributed by atoms with Crippen LogP contribution in [0.3, 0.4) is 0 Å². The number of anilines is 1. The SMILES string of the molecule is COc1ccc([C@@H]2CCCN2C(=O)C2CCN(c3nc4ccccc4o3)CC2)cc1OC. The Hall–Kier alpha value is -3.22. The summed E-state index contributed by atoms with van der Waals surface area (Å²) in [6.07, 6.45) is 3.62. The standard InChI is InChI=1S/C25H29N3O4/c1-30-22-10-9-18(16-23(22)31-2)20-7-5-13-28(20)24(29)17-11-14-27(15-12-17)25-26-19-6-3-4-8-21(19)32-25/h3-4,6,8-10,16-17,20H,5,7,11-15H2,1-2H3/t20-/m0/s1. The van der Waals surface area contributed by atoms with E-state index in [0.29, 0.717) is 17.5 Å². The van der Waals surface area contributed by atoms with E-state index < -0.39 is 0 Å². The Morgan fingerprint density at radius 3 is 2.53 bits per heavy atom. The molecule has 2 saturated heterocycles. The summed E-state index contributed by atoms with van der Waals surface area (Å²) in [4.78, 5) is 22.3. The van der Waals surface area contributed by atoms with Gasteiger partial charge in [-0.25, -0.2) is 0 Å². The van der Waals surface area contributed by atoms with Gasteiger partial charge >= 0.3 is 0 Å². The fourth-order valence-electron chi connectivity index (χ4n) is 4.98. The van der Waals surface area contributed by atoms with Gasteiger partial charge in [-0.15, -0.1) is 0 Å². The molecular weight excluding hydrogens is 406 g/mol. The first-order valence-electron chi connectivity index (χ1n) is 11.3. The van der Waals surface area contributed by atoms with Crippen molar-refractivity contribution >= 4 is 23.0 Å². The average Bonchev–Trinajstić information content (AvgIpc) is 3.50. The van der Waals surface area contributed by atoms with Gasteiger partial charge in [-0.1, -0.05) is 18.2 Å². The molecule has 1 amide bonds. The number of aromatic nitrogens is 1. The van der Waals surface area contributed by atoms with E-state index in [2.05, 4.69) is 14.8 Å². The van der Waals surface area contributed by atoms with Crippen LogP contribution in [0, 0.1) is 5.92 Å². The molecule has 0 unspecified atom stereocenters. The predicted molar refractivity (Wildman–Crippen MR) is 122 cm³/mol. The van der Waals surface area contributed by atoms with Crippen molar-refractivity contribution in [3.63, 3.8) is 0 Å². The number of hydrogen-bond acceptors (Lipinski definition) is 6. The lowest BCUT2D eigenvalue weighted by Crippen LogP contribution is -2.42. The molecule has 5 rings (SSSR count). The molecule has 0 spiro atoms. The number of carbonyl (C=O) groups is 1. The number of benzene rings is 2. The van der Waals surface area contributed by atoms with Crippen LogP contribution in [-0.2, 0) is 4.79 Å². The second kappa shape index (κ2) is 8.73. The van der Waals surface area contributed by atoms with Crippen LogP contribution in [0.15, 0.2) is 46.9 Å². The highest BCUT2D eigenvalue weighted by Gasteiger charge is 2.36. The molecule has 32 heavy (non-hydrogen) atoms. The largest absolute Gasteiger partial charge is 0.493 e. The van der Waals surface area contributed by atoms with E-state index in [0.717, 1.165) is 62.0 Å². The molecule has 2 fully saturated rings. The lowest BCUT2D eigenvalue weighted by Gasteiger charge is -2.34. The van der Waals surface area contributed by atoms with E-state index >= 15 is 0 Å². The Labute approximate surface area is 187 Å². The summed E-state index contributed by atoms with van der Waals surface area (Å²) in [6.45, 7) is 2.36. The van der Waals surface area contributed by atoms with Crippen LogP contribution in [0.4, 0.5) is 6.01 Å². The average molecular weight is 436 g/mol. The van der Waals surface area contributed by atoms with Crippen LogP contribution in [0.1, 0.15) is 37.3 Å². The Kier molecular flexibility index (Phi) is 5.64. The van der Waals surface area contributed by atoms with E-state index in [-0.39, 0.29) is 17.9 Å². The Morgan fingerprint density at radius 1 is 1.00 bits per heavy atom. The number of carbonyl (C=O) groups excluding carboxylic acids is 1. The van der Waals surface area contributed by atoms with E-state index in [1.165, 1.54) is 0 Å². The van der Waals surface area contributed by atoms with Gasteiger partial charge in [0.15, 0.2) is 17.1 Å². The van der Waals surface area contributed by atoms with Crippen LogP contribution in [0.25, 0.3) is 11.1 Å². The number of methoxy groups -OCH3 is 2. The van der Waals surface area contributed by atoms with Gasteiger partial charge in [0.2, 0.25) is 5.91 Å². The number of ether oxygens (including phenoxy) is 2. The Morgan fingerprint density at radius 2 is 1.78 bits per heavy atom. The number of fused-ring (bicyclic) bond motifs is 1. The summed E-state index contributed by atoms with van der Waals surface area (Å²) < 4.78 is 16.8. The van der Waals surface area contributed by atoms with E-state index in [9.17, 15) is 4.79 Å². The minimum absolute atomic E-state index is 0.0383. The van der Waals surface area contributed by atoms with Gasteiger partial charge in [0.25, 0.3) is 6.01 Å². The van der Waals surface area contributed by atoms with Gasteiger partial charge in [0, 0.05) is 25.6 Å². The van der Waals surface area contributed by atoms with Crippen molar-refractivity contribution in [1.29, 1.82) is 0 Å². The lowest BCUT2D eigenvalue weighted by molar-refractivity contribution is -0.137. The Bertz CT molecular complexity index is 1070. The number of hydrogen-bond donors (Lipinski definition) is 0. The smallest absolute Gasteiger partial charge is 0.298 e. The third-order valence-electron chi connectivity index (χ3n) is 6.73. The second-order valence-electron chi connectivity index (χ2n) is 8.53. The molecule has 7 nitrogen and oxygen atoms in total. The zero-order valence-corrected chi connectivity index (χ0v) is 18.6. The van der Waals surface area contributed by atoms with Crippen molar-refractivity contribution in [3.05, 3.63) is 48.0 Å². The van der Waals surface area contributed by atoms with Crippen molar-refractivity contribution in [2.75, 3.05) is 38.8 Å².